The lowest BCUT2D eigenvalue weighted by Gasteiger charge is -2.34. The highest BCUT2D eigenvalue weighted by atomic mass is 16.5. The molecule has 1 aromatic heterocycles. The Kier molecular flexibility index (Phi) is 4.74. The minimum atomic E-state index is -0.821. The highest BCUT2D eigenvalue weighted by Gasteiger charge is 2.33. The monoisotopic (exact) mass is 267 g/mol. The molecule has 0 aliphatic carbocycles. The normalized spacial score (nSPS) is 14.2. The molecule has 0 bridgehead atoms. The van der Waals surface area contributed by atoms with Crippen molar-refractivity contribution in [1.29, 1.82) is 0 Å². The number of nitrogens with one attached hydrogen (secondary N) is 1. The van der Waals surface area contributed by atoms with Gasteiger partial charge in [0.05, 0.1) is 12.4 Å². The molecule has 1 amide bonds. The van der Waals surface area contributed by atoms with Gasteiger partial charge in [-0.2, -0.15) is 0 Å². The van der Waals surface area contributed by atoms with E-state index >= 15 is 0 Å². The summed E-state index contributed by atoms with van der Waals surface area (Å²) in [6.45, 7) is 10.5. The second-order valence-corrected chi connectivity index (χ2v) is 6.37. The summed E-state index contributed by atoms with van der Waals surface area (Å²) in [5.74, 6) is -0.102. The third-order valence-corrected chi connectivity index (χ3v) is 3.36. The minimum absolute atomic E-state index is 0.00336. The zero-order chi connectivity index (χ0) is 14.7. The molecule has 1 atom stereocenters. The van der Waals surface area contributed by atoms with Crippen LogP contribution in [-0.2, 0) is 16.1 Å². The fourth-order valence-electron chi connectivity index (χ4n) is 1.57. The SMILES string of the molecule is COC(C)(C)C(=O)NC(Cn1ccnc1)C(C)(C)C. The first-order chi connectivity index (χ1) is 8.66. The van der Waals surface area contributed by atoms with Gasteiger partial charge in [0.1, 0.15) is 5.60 Å². The predicted octanol–water partition coefficient (Wildman–Crippen LogP) is 1.84. The largest absolute Gasteiger partial charge is 0.369 e. The number of carbonyl (C=O) groups excluding carboxylic acids is 1. The van der Waals surface area contributed by atoms with Crippen LogP contribution < -0.4 is 5.32 Å². The van der Waals surface area contributed by atoms with Crippen molar-refractivity contribution >= 4 is 5.91 Å². The molecule has 0 aliphatic heterocycles. The maximum atomic E-state index is 12.2. The molecule has 1 N–H and O–H groups in total. The Hall–Kier alpha value is -1.36. The van der Waals surface area contributed by atoms with Gasteiger partial charge in [0, 0.05) is 26.0 Å². The Morgan fingerprint density at radius 3 is 2.42 bits per heavy atom. The fraction of sp³-hybridized carbons (Fsp3) is 0.714. The van der Waals surface area contributed by atoms with Gasteiger partial charge in [0.25, 0.3) is 5.91 Å². The molecule has 1 aromatic rings. The lowest BCUT2D eigenvalue weighted by molar-refractivity contribution is -0.141. The van der Waals surface area contributed by atoms with Crippen molar-refractivity contribution in [2.75, 3.05) is 7.11 Å². The molecule has 0 aliphatic rings. The van der Waals surface area contributed by atoms with E-state index in [1.807, 2.05) is 10.8 Å². The highest BCUT2D eigenvalue weighted by molar-refractivity contribution is 5.84. The smallest absolute Gasteiger partial charge is 0.251 e. The van der Waals surface area contributed by atoms with E-state index < -0.39 is 5.60 Å². The number of hydrogen-bond acceptors (Lipinski definition) is 3. The summed E-state index contributed by atoms with van der Waals surface area (Å²) in [5.41, 5.74) is -0.873. The van der Waals surface area contributed by atoms with Gasteiger partial charge in [0.15, 0.2) is 0 Å². The van der Waals surface area contributed by atoms with Crippen LogP contribution in [0.4, 0.5) is 0 Å². The van der Waals surface area contributed by atoms with Gasteiger partial charge in [0.2, 0.25) is 0 Å². The first-order valence-corrected chi connectivity index (χ1v) is 6.48. The maximum Gasteiger partial charge on any atom is 0.251 e. The van der Waals surface area contributed by atoms with Crippen LogP contribution in [0.5, 0.6) is 0 Å². The molecule has 0 spiro atoms. The van der Waals surface area contributed by atoms with Crippen molar-refractivity contribution in [1.82, 2.24) is 14.9 Å². The maximum absolute atomic E-state index is 12.2. The Morgan fingerprint density at radius 1 is 1.37 bits per heavy atom. The highest BCUT2D eigenvalue weighted by Crippen LogP contribution is 2.22. The molecular weight excluding hydrogens is 242 g/mol. The molecular formula is C14H25N3O2. The summed E-state index contributed by atoms with van der Waals surface area (Å²) < 4.78 is 7.19. The zero-order valence-corrected chi connectivity index (χ0v) is 12.7. The topological polar surface area (TPSA) is 56.1 Å². The van der Waals surface area contributed by atoms with Crippen LogP contribution in [0.15, 0.2) is 18.7 Å². The van der Waals surface area contributed by atoms with Crippen LogP contribution in [0.2, 0.25) is 0 Å². The number of rotatable bonds is 5. The van der Waals surface area contributed by atoms with Crippen LogP contribution in [0.3, 0.4) is 0 Å². The molecule has 5 nitrogen and oxygen atoms in total. The quantitative estimate of drug-likeness (QED) is 0.885. The minimum Gasteiger partial charge on any atom is -0.369 e. The van der Waals surface area contributed by atoms with E-state index in [1.54, 1.807) is 33.5 Å². The Bertz CT molecular complexity index is 405. The van der Waals surface area contributed by atoms with E-state index in [0.717, 1.165) is 0 Å². The number of imidazole rings is 1. The van der Waals surface area contributed by atoms with E-state index in [9.17, 15) is 4.79 Å². The molecule has 108 valence electrons. The molecule has 5 heteroatoms. The van der Waals surface area contributed by atoms with E-state index in [4.69, 9.17) is 4.74 Å². The number of methoxy groups -OCH3 is 1. The summed E-state index contributed by atoms with van der Waals surface area (Å²) in [4.78, 5) is 16.2. The molecule has 0 saturated heterocycles. The van der Waals surface area contributed by atoms with E-state index in [1.165, 1.54) is 0 Å². The summed E-state index contributed by atoms with van der Waals surface area (Å²) >= 11 is 0. The molecule has 0 aromatic carbocycles. The molecule has 0 radical (unpaired) electrons. The fourth-order valence-corrected chi connectivity index (χ4v) is 1.57. The zero-order valence-electron chi connectivity index (χ0n) is 12.7. The van der Waals surface area contributed by atoms with Crippen molar-refractivity contribution in [2.45, 2.75) is 52.8 Å². The van der Waals surface area contributed by atoms with Crippen molar-refractivity contribution in [2.24, 2.45) is 5.41 Å². The number of carbonyl (C=O) groups is 1. The number of amides is 1. The first-order valence-electron chi connectivity index (χ1n) is 6.48. The molecule has 0 fully saturated rings. The Balaban J connectivity index is 2.79. The van der Waals surface area contributed by atoms with Gasteiger partial charge >= 0.3 is 0 Å². The Morgan fingerprint density at radius 2 is 2.00 bits per heavy atom. The Labute approximate surface area is 115 Å². The molecule has 1 unspecified atom stereocenters. The average molecular weight is 267 g/mol. The predicted molar refractivity (Wildman–Crippen MR) is 74.7 cm³/mol. The standard InChI is InChI=1S/C14H25N3O2/c1-13(2,3)11(9-17-8-7-15-10-17)16-12(18)14(4,5)19-6/h7-8,10-11H,9H2,1-6H3,(H,16,18). The van der Waals surface area contributed by atoms with Gasteiger partial charge in [-0.05, 0) is 19.3 Å². The first kappa shape index (κ1) is 15.7. The lowest BCUT2D eigenvalue weighted by atomic mass is 9.86. The van der Waals surface area contributed by atoms with Crippen LogP contribution in [-0.4, -0.2) is 34.2 Å². The van der Waals surface area contributed by atoms with E-state index in [0.29, 0.717) is 6.54 Å². The van der Waals surface area contributed by atoms with E-state index in [-0.39, 0.29) is 17.4 Å². The van der Waals surface area contributed by atoms with Gasteiger partial charge in [-0.25, -0.2) is 4.98 Å². The van der Waals surface area contributed by atoms with Crippen LogP contribution in [0, 0.1) is 5.41 Å². The number of aromatic nitrogens is 2. The van der Waals surface area contributed by atoms with Gasteiger partial charge < -0.3 is 14.6 Å². The molecule has 1 rings (SSSR count). The number of nitrogens with zero attached hydrogens (tertiary/aromatic N) is 2. The van der Waals surface area contributed by atoms with Crippen molar-refractivity contribution in [3.8, 4) is 0 Å². The summed E-state index contributed by atoms with van der Waals surface area (Å²) in [6.07, 6.45) is 5.39. The van der Waals surface area contributed by atoms with Crippen LogP contribution in [0.1, 0.15) is 34.6 Å². The van der Waals surface area contributed by atoms with Crippen LogP contribution in [0.25, 0.3) is 0 Å². The molecule has 1 heterocycles. The lowest BCUT2D eigenvalue weighted by Crippen LogP contribution is -2.53. The second-order valence-electron chi connectivity index (χ2n) is 6.37. The molecule has 19 heavy (non-hydrogen) atoms. The number of hydrogen-bond donors (Lipinski definition) is 1. The van der Waals surface area contributed by atoms with Crippen molar-refractivity contribution in [3.05, 3.63) is 18.7 Å². The van der Waals surface area contributed by atoms with Crippen molar-refractivity contribution < 1.29 is 9.53 Å². The number of ether oxygens (including phenoxy) is 1. The van der Waals surface area contributed by atoms with E-state index in [2.05, 4.69) is 31.1 Å². The van der Waals surface area contributed by atoms with Gasteiger partial charge in [-0.3, -0.25) is 4.79 Å². The van der Waals surface area contributed by atoms with Crippen LogP contribution >= 0.6 is 0 Å². The van der Waals surface area contributed by atoms with Gasteiger partial charge in [-0.15, -0.1) is 0 Å². The summed E-state index contributed by atoms with van der Waals surface area (Å²) in [6, 6.07) is 0.00336. The summed E-state index contributed by atoms with van der Waals surface area (Å²) in [5, 5.41) is 3.07. The third-order valence-electron chi connectivity index (χ3n) is 3.36. The third kappa shape index (κ3) is 4.35. The molecule has 0 saturated carbocycles. The average Bonchev–Trinajstić information content (AvgIpc) is 2.79. The summed E-state index contributed by atoms with van der Waals surface area (Å²) in [7, 11) is 1.54. The van der Waals surface area contributed by atoms with Gasteiger partial charge in [-0.1, -0.05) is 20.8 Å². The second kappa shape index (κ2) is 5.74. The van der Waals surface area contributed by atoms with Crippen molar-refractivity contribution in [3.63, 3.8) is 0 Å².